The van der Waals surface area contributed by atoms with E-state index in [1.54, 1.807) is 29.5 Å². The second kappa shape index (κ2) is 7.02. The minimum Gasteiger partial charge on any atom is -0.506 e. The SMILES string of the molecule is NCCCc1nc(CC(=O)Nc2ccccc2O)cs1. The summed E-state index contributed by atoms with van der Waals surface area (Å²) in [6, 6.07) is 6.64. The normalized spacial score (nSPS) is 10.4. The number of hydrogen-bond donors (Lipinski definition) is 3. The highest BCUT2D eigenvalue weighted by Gasteiger charge is 2.09. The minimum absolute atomic E-state index is 0.0581. The van der Waals surface area contributed by atoms with E-state index in [4.69, 9.17) is 5.73 Å². The topological polar surface area (TPSA) is 88.2 Å². The van der Waals surface area contributed by atoms with Gasteiger partial charge in [0.2, 0.25) is 5.91 Å². The quantitative estimate of drug-likeness (QED) is 0.709. The maximum atomic E-state index is 11.9. The third kappa shape index (κ3) is 4.04. The number of hydrogen-bond acceptors (Lipinski definition) is 5. The lowest BCUT2D eigenvalue weighted by molar-refractivity contribution is -0.115. The lowest BCUT2D eigenvalue weighted by Gasteiger charge is -2.05. The number of carbonyl (C=O) groups is 1. The fourth-order valence-corrected chi connectivity index (χ4v) is 2.58. The number of nitrogens with one attached hydrogen (secondary N) is 1. The van der Waals surface area contributed by atoms with Gasteiger partial charge < -0.3 is 16.2 Å². The van der Waals surface area contributed by atoms with Gasteiger partial charge in [0.05, 0.1) is 22.8 Å². The van der Waals surface area contributed by atoms with E-state index in [0.29, 0.717) is 12.2 Å². The van der Waals surface area contributed by atoms with Gasteiger partial charge in [-0.2, -0.15) is 0 Å². The highest BCUT2D eigenvalue weighted by Crippen LogP contribution is 2.21. The number of anilines is 1. The predicted molar refractivity (Wildman–Crippen MR) is 79.9 cm³/mol. The van der Waals surface area contributed by atoms with E-state index < -0.39 is 0 Å². The molecule has 2 aromatic rings. The molecule has 0 aliphatic carbocycles. The molecule has 2 rings (SSSR count). The standard InChI is InChI=1S/C14H17N3O2S/c15-7-3-6-14-16-10(9-20-14)8-13(19)17-11-4-1-2-5-12(11)18/h1-2,4-5,9,18H,3,6-8,15H2,(H,17,19). The molecule has 0 radical (unpaired) electrons. The van der Waals surface area contributed by atoms with E-state index in [9.17, 15) is 9.90 Å². The first-order valence-electron chi connectivity index (χ1n) is 6.40. The van der Waals surface area contributed by atoms with Crippen molar-refractivity contribution >= 4 is 22.9 Å². The lowest BCUT2D eigenvalue weighted by Crippen LogP contribution is -2.14. The Balaban J connectivity index is 1.91. The Hall–Kier alpha value is -1.92. The van der Waals surface area contributed by atoms with Crippen molar-refractivity contribution in [3.05, 3.63) is 40.3 Å². The van der Waals surface area contributed by atoms with Crippen molar-refractivity contribution < 1.29 is 9.90 Å². The highest BCUT2D eigenvalue weighted by molar-refractivity contribution is 7.09. The first-order valence-corrected chi connectivity index (χ1v) is 7.28. The van der Waals surface area contributed by atoms with Gasteiger partial charge in [-0.3, -0.25) is 4.79 Å². The van der Waals surface area contributed by atoms with E-state index in [1.165, 1.54) is 6.07 Å². The van der Waals surface area contributed by atoms with Crippen LogP contribution < -0.4 is 11.1 Å². The molecule has 0 saturated heterocycles. The second-order valence-corrected chi connectivity index (χ2v) is 5.31. The number of nitrogens with zero attached hydrogens (tertiary/aromatic N) is 1. The number of aromatic nitrogens is 1. The monoisotopic (exact) mass is 291 g/mol. The van der Waals surface area contributed by atoms with Gasteiger partial charge in [0.15, 0.2) is 0 Å². The Morgan fingerprint density at radius 1 is 1.40 bits per heavy atom. The molecule has 1 aromatic carbocycles. The zero-order valence-electron chi connectivity index (χ0n) is 11.0. The number of nitrogens with two attached hydrogens (primary N) is 1. The molecule has 0 aliphatic heterocycles. The van der Waals surface area contributed by atoms with Crippen molar-refractivity contribution in [1.29, 1.82) is 0 Å². The number of para-hydroxylation sites is 2. The molecule has 1 amide bonds. The Labute approximate surface area is 121 Å². The molecule has 5 nitrogen and oxygen atoms in total. The average Bonchev–Trinajstić information content (AvgIpc) is 2.86. The smallest absolute Gasteiger partial charge is 0.230 e. The molecule has 0 aliphatic rings. The van der Waals surface area contributed by atoms with E-state index in [-0.39, 0.29) is 18.1 Å². The lowest BCUT2D eigenvalue weighted by atomic mass is 10.2. The number of amides is 1. The van der Waals surface area contributed by atoms with Gasteiger partial charge in [-0.05, 0) is 25.1 Å². The van der Waals surface area contributed by atoms with Crippen molar-refractivity contribution in [1.82, 2.24) is 4.98 Å². The average molecular weight is 291 g/mol. The Bertz CT molecular complexity index is 583. The number of aryl methyl sites for hydroxylation is 1. The molecule has 0 spiro atoms. The van der Waals surface area contributed by atoms with Crippen molar-refractivity contribution in [3.8, 4) is 5.75 Å². The summed E-state index contributed by atoms with van der Waals surface area (Å²) < 4.78 is 0. The van der Waals surface area contributed by atoms with Crippen LogP contribution in [0, 0.1) is 0 Å². The summed E-state index contributed by atoms with van der Waals surface area (Å²) in [6.07, 6.45) is 1.95. The third-order valence-corrected chi connectivity index (χ3v) is 3.67. The fraction of sp³-hybridized carbons (Fsp3) is 0.286. The van der Waals surface area contributed by atoms with Crippen molar-refractivity contribution in [2.24, 2.45) is 5.73 Å². The third-order valence-electron chi connectivity index (χ3n) is 2.71. The highest BCUT2D eigenvalue weighted by atomic mass is 32.1. The fourth-order valence-electron chi connectivity index (χ4n) is 1.74. The molecule has 20 heavy (non-hydrogen) atoms. The minimum atomic E-state index is -0.192. The number of benzene rings is 1. The van der Waals surface area contributed by atoms with Gasteiger partial charge in [-0.15, -0.1) is 11.3 Å². The molecule has 0 atom stereocenters. The number of phenolic OH excluding ortho intramolecular Hbond substituents is 1. The molecule has 0 saturated carbocycles. The molecular formula is C14H17N3O2S. The Kier molecular flexibility index (Phi) is 5.09. The summed E-state index contributed by atoms with van der Waals surface area (Å²) in [5.74, 6) is -0.134. The number of phenols is 1. The first kappa shape index (κ1) is 14.5. The molecule has 0 fully saturated rings. The van der Waals surface area contributed by atoms with E-state index >= 15 is 0 Å². The summed E-state index contributed by atoms with van der Waals surface area (Å²) in [5, 5.41) is 15.1. The first-order chi connectivity index (χ1) is 9.69. The maximum Gasteiger partial charge on any atom is 0.230 e. The molecule has 1 heterocycles. The zero-order valence-corrected chi connectivity index (χ0v) is 11.8. The van der Waals surface area contributed by atoms with Crippen molar-refractivity contribution in [3.63, 3.8) is 0 Å². The van der Waals surface area contributed by atoms with Crippen LogP contribution in [0.15, 0.2) is 29.6 Å². The van der Waals surface area contributed by atoms with Crippen LogP contribution in [0.3, 0.4) is 0 Å². The Morgan fingerprint density at radius 2 is 2.20 bits per heavy atom. The molecule has 0 bridgehead atoms. The number of carbonyl (C=O) groups excluding carboxylic acids is 1. The van der Waals surface area contributed by atoms with Gasteiger partial charge in [0.25, 0.3) is 0 Å². The van der Waals surface area contributed by atoms with E-state index in [1.807, 2.05) is 5.38 Å². The number of aromatic hydroxyl groups is 1. The predicted octanol–water partition coefficient (Wildman–Crippen LogP) is 1.92. The maximum absolute atomic E-state index is 11.9. The van der Waals surface area contributed by atoms with Crippen molar-refractivity contribution in [2.45, 2.75) is 19.3 Å². The molecule has 1 aromatic heterocycles. The van der Waals surface area contributed by atoms with E-state index in [0.717, 1.165) is 23.5 Å². The summed E-state index contributed by atoms with van der Waals surface area (Å²) in [5.41, 5.74) is 6.61. The summed E-state index contributed by atoms with van der Waals surface area (Å²) >= 11 is 1.54. The van der Waals surface area contributed by atoms with Crippen LogP contribution in [0.25, 0.3) is 0 Å². The summed E-state index contributed by atoms with van der Waals surface area (Å²) in [4.78, 5) is 16.3. The number of thiazole rings is 1. The van der Waals surface area contributed by atoms with Crippen LogP contribution >= 0.6 is 11.3 Å². The van der Waals surface area contributed by atoms with Gasteiger partial charge in [-0.25, -0.2) is 4.98 Å². The van der Waals surface area contributed by atoms with Crippen LogP contribution in [-0.2, 0) is 17.6 Å². The molecule has 4 N–H and O–H groups in total. The molecule has 6 heteroatoms. The second-order valence-electron chi connectivity index (χ2n) is 4.37. The van der Waals surface area contributed by atoms with Crippen LogP contribution in [0.5, 0.6) is 5.75 Å². The zero-order chi connectivity index (χ0) is 14.4. The van der Waals surface area contributed by atoms with E-state index in [2.05, 4.69) is 10.3 Å². The largest absolute Gasteiger partial charge is 0.506 e. The van der Waals surface area contributed by atoms with Crippen LogP contribution in [0.4, 0.5) is 5.69 Å². The molecule has 0 unspecified atom stereocenters. The summed E-state index contributed by atoms with van der Waals surface area (Å²) in [7, 11) is 0. The van der Waals surface area contributed by atoms with Gasteiger partial charge >= 0.3 is 0 Å². The van der Waals surface area contributed by atoms with Crippen LogP contribution in [0.2, 0.25) is 0 Å². The molecular weight excluding hydrogens is 274 g/mol. The van der Waals surface area contributed by atoms with Gasteiger partial charge in [0, 0.05) is 11.8 Å². The van der Waals surface area contributed by atoms with Crippen molar-refractivity contribution in [2.75, 3.05) is 11.9 Å². The van der Waals surface area contributed by atoms with Crippen LogP contribution in [0.1, 0.15) is 17.1 Å². The number of rotatable bonds is 6. The summed E-state index contributed by atoms with van der Waals surface area (Å²) in [6.45, 7) is 0.642. The van der Waals surface area contributed by atoms with Crippen LogP contribution in [-0.4, -0.2) is 22.5 Å². The van der Waals surface area contributed by atoms with Gasteiger partial charge in [0.1, 0.15) is 5.75 Å². The Morgan fingerprint density at radius 3 is 2.95 bits per heavy atom. The van der Waals surface area contributed by atoms with Gasteiger partial charge in [-0.1, -0.05) is 12.1 Å². The molecule has 106 valence electrons.